The minimum atomic E-state index is -0.283. The van der Waals surface area contributed by atoms with Crippen LogP contribution in [-0.2, 0) is 0 Å². The fourth-order valence-corrected chi connectivity index (χ4v) is 3.00. The van der Waals surface area contributed by atoms with Crippen LogP contribution in [0.15, 0.2) is 42.5 Å². The Morgan fingerprint density at radius 2 is 1.83 bits per heavy atom. The van der Waals surface area contributed by atoms with Crippen molar-refractivity contribution in [2.45, 2.75) is 26.2 Å². The molecule has 0 aromatic heterocycles. The van der Waals surface area contributed by atoms with Crippen LogP contribution >= 0.6 is 0 Å². The molecule has 0 radical (unpaired) electrons. The molecule has 1 saturated heterocycles. The molecule has 1 aliphatic heterocycles. The molecule has 1 fully saturated rings. The Hall–Kier alpha value is -2.36. The molecule has 3 nitrogen and oxygen atoms in total. The Morgan fingerprint density at radius 1 is 1.09 bits per heavy atom. The van der Waals surface area contributed by atoms with E-state index in [4.69, 9.17) is 0 Å². The van der Waals surface area contributed by atoms with E-state index in [1.165, 1.54) is 12.5 Å². The Bertz CT molecular complexity index is 708. The van der Waals surface area contributed by atoms with Gasteiger partial charge in [0, 0.05) is 24.3 Å². The van der Waals surface area contributed by atoms with E-state index < -0.39 is 0 Å². The molecule has 2 aromatic carbocycles. The molecule has 0 aliphatic carbocycles. The van der Waals surface area contributed by atoms with Crippen LogP contribution in [-0.4, -0.2) is 19.0 Å². The number of anilines is 2. The Kier molecular flexibility index (Phi) is 4.60. The molecule has 1 aliphatic rings. The average Bonchev–Trinajstić information content (AvgIpc) is 2.56. The summed E-state index contributed by atoms with van der Waals surface area (Å²) in [5, 5.41) is 2.77. The number of piperidine rings is 1. The lowest BCUT2D eigenvalue weighted by Crippen LogP contribution is -2.30. The maximum absolute atomic E-state index is 14.4. The third kappa shape index (κ3) is 3.52. The SMILES string of the molecule is Cc1ccccc1C(=O)Nc1ccc(N2CCCCC2)c(F)c1. The summed E-state index contributed by atoms with van der Waals surface area (Å²) in [6.07, 6.45) is 3.42. The number of rotatable bonds is 3. The van der Waals surface area contributed by atoms with Gasteiger partial charge >= 0.3 is 0 Å². The third-order valence-corrected chi connectivity index (χ3v) is 4.29. The van der Waals surface area contributed by atoms with Gasteiger partial charge in [-0.2, -0.15) is 0 Å². The first-order chi connectivity index (χ1) is 11.1. The van der Waals surface area contributed by atoms with Crippen LogP contribution in [0.1, 0.15) is 35.2 Å². The van der Waals surface area contributed by atoms with Gasteiger partial charge in [-0.05, 0) is 56.0 Å². The van der Waals surface area contributed by atoms with Crippen LogP contribution in [0.5, 0.6) is 0 Å². The molecule has 23 heavy (non-hydrogen) atoms. The number of carbonyl (C=O) groups is 1. The smallest absolute Gasteiger partial charge is 0.255 e. The fourth-order valence-electron chi connectivity index (χ4n) is 3.00. The van der Waals surface area contributed by atoms with Crippen molar-refractivity contribution in [3.63, 3.8) is 0 Å². The quantitative estimate of drug-likeness (QED) is 0.912. The second-order valence-corrected chi connectivity index (χ2v) is 5.98. The number of hydrogen-bond acceptors (Lipinski definition) is 2. The zero-order chi connectivity index (χ0) is 16.2. The maximum Gasteiger partial charge on any atom is 0.255 e. The highest BCUT2D eigenvalue weighted by Gasteiger charge is 2.16. The minimum Gasteiger partial charge on any atom is -0.369 e. The molecule has 1 N–H and O–H groups in total. The highest BCUT2D eigenvalue weighted by atomic mass is 19.1. The van der Waals surface area contributed by atoms with Crippen LogP contribution in [0.3, 0.4) is 0 Å². The Balaban J connectivity index is 1.75. The van der Waals surface area contributed by atoms with Gasteiger partial charge in [-0.3, -0.25) is 4.79 Å². The molecule has 120 valence electrons. The van der Waals surface area contributed by atoms with Crippen molar-refractivity contribution in [2.75, 3.05) is 23.3 Å². The summed E-state index contributed by atoms with van der Waals surface area (Å²) < 4.78 is 14.4. The van der Waals surface area contributed by atoms with E-state index >= 15 is 0 Å². The lowest BCUT2D eigenvalue weighted by molar-refractivity contribution is 0.102. The van der Waals surface area contributed by atoms with Crippen molar-refractivity contribution >= 4 is 17.3 Å². The van der Waals surface area contributed by atoms with Gasteiger partial charge in [-0.1, -0.05) is 18.2 Å². The normalized spacial score (nSPS) is 14.6. The van der Waals surface area contributed by atoms with E-state index in [-0.39, 0.29) is 11.7 Å². The molecule has 3 rings (SSSR count). The van der Waals surface area contributed by atoms with Crippen LogP contribution in [0.25, 0.3) is 0 Å². The number of hydrogen-bond donors (Lipinski definition) is 1. The average molecular weight is 312 g/mol. The van der Waals surface area contributed by atoms with Crippen molar-refractivity contribution in [1.82, 2.24) is 0 Å². The Labute approximate surface area is 136 Å². The molecule has 0 unspecified atom stereocenters. The topological polar surface area (TPSA) is 32.3 Å². The summed E-state index contributed by atoms with van der Waals surface area (Å²) in [6, 6.07) is 12.3. The van der Waals surface area contributed by atoms with Crippen LogP contribution in [0.2, 0.25) is 0 Å². The Morgan fingerprint density at radius 3 is 2.52 bits per heavy atom. The highest BCUT2D eigenvalue weighted by Crippen LogP contribution is 2.26. The van der Waals surface area contributed by atoms with Crippen molar-refractivity contribution in [3.05, 3.63) is 59.4 Å². The first kappa shape index (κ1) is 15.5. The summed E-state index contributed by atoms with van der Waals surface area (Å²) >= 11 is 0. The first-order valence-corrected chi connectivity index (χ1v) is 8.06. The largest absolute Gasteiger partial charge is 0.369 e. The van der Waals surface area contributed by atoms with Gasteiger partial charge in [0.15, 0.2) is 0 Å². The molecule has 1 heterocycles. The van der Waals surface area contributed by atoms with E-state index in [1.54, 1.807) is 18.2 Å². The summed E-state index contributed by atoms with van der Waals surface area (Å²) in [5.41, 5.74) is 2.61. The van der Waals surface area contributed by atoms with E-state index in [0.717, 1.165) is 31.5 Å². The van der Waals surface area contributed by atoms with Gasteiger partial charge in [0.05, 0.1) is 5.69 Å². The predicted molar refractivity (Wildman–Crippen MR) is 91.6 cm³/mol. The second-order valence-electron chi connectivity index (χ2n) is 5.98. The molecule has 0 saturated carbocycles. The van der Waals surface area contributed by atoms with Gasteiger partial charge in [0.1, 0.15) is 5.82 Å². The standard InChI is InChI=1S/C19H21FN2O/c1-14-7-3-4-8-16(14)19(23)21-15-9-10-18(17(20)13-15)22-11-5-2-6-12-22/h3-4,7-10,13H,2,5-6,11-12H2,1H3,(H,21,23). The zero-order valence-corrected chi connectivity index (χ0v) is 13.3. The van der Waals surface area contributed by atoms with Crippen molar-refractivity contribution < 1.29 is 9.18 Å². The lowest BCUT2D eigenvalue weighted by Gasteiger charge is -2.29. The number of nitrogens with zero attached hydrogens (tertiary/aromatic N) is 1. The summed E-state index contributed by atoms with van der Waals surface area (Å²) in [4.78, 5) is 14.4. The van der Waals surface area contributed by atoms with E-state index in [0.29, 0.717) is 16.9 Å². The van der Waals surface area contributed by atoms with Crippen LogP contribution in [0, 0.1) is 12.7 Å². The van der Waals surface area contributed by atoms with E-state index in [2.05, 4.69) is 10.2 Å². The molecule has 1 amide bonds. The minimum absolute atomic E-state index is 0.215. The first-order valence-electron chi connectivity index (χ1n) is 8.06. The zero-order valence-electron chi connectivity index (χ0n) is 13.3. The summed E-state index contributed by atoms with van der Waals surface area (Å²) in [5.74, 6) is -0.497. The second kappa shape index (κ2) is 6.82. The number of nitrogens with one attached hydrogen (secondary N) is 1. The molecule has 4 heteroatoms. The molecule has 0 bridgehead atoms. The third-order valence-electron chi connectivity index (χ3n) is 4.29. The van der Waals surface area contributed by atoms with E-state index in [1.807, 2.05) is 25.1 Å². The molecular formula is C19H21FN2O. The van der Waals surface area contributed by atoms with Gasteiger partial charge in [0.2, 0.25) is 0 Å². The van der Waals surface area contributed by atoms with Gasteiger partial charge < -0.3 is 10.2 Å². The number of amides is 1. The van der Waals surface area contributed by atoms with Crippen molar-refractivity contribution in [3.8, 4) is 0 Å². The summed E-state index contributed by atoms with van der Waals surface area (Å²) in [6.45, 7) is 3.67. The van der Waals surface area contributed by atoms with E-state index in [9.17, 15) is 9.18 Å². The predicted octanol–water partition coefficient (Wildman–Crippen LogP) is 4.38. The molecule has 0 atom stereocenters. The monoisotopic (exact) mass is 312 g/mol. The molecule has 2 aromatic rings. The number of halogens is 1. The molecule has 0 spiro atoms. The highest BCUT2D eigenvalue weighted by molar-refractivity contribution is 6.05. The van der Waals surface area contributed by atoms with Crippen LogP contribution in [0.4, 0.5) is 15.8 Å². The number of carbonyl (C=O) groups excluding carboxylic acids is 1. The number of benzene rings is 2. The van der Waals surface area contributed by atoms with Gasteiger partial charge in [-0.25, -0.2) is 4.39 Å². The summed E-state index contributed by atoms with van der Waals surface area (Å²) in [7, 11) is 0. The van der Waals surface area contributed by atoms with Crippen molar-refractivity contribution in [1.29, 1.82) is 0 Å². The maximum atomic E-state index is 14.4. The van der Waals surface area contributed by atoms with Gasteiger partial charge in [-0.15, -0.1) is 0 Å². The van der Waals surface area contributed by atoms with Crippen molar-refractivity contribution in [2.24, 2.45) is 0 Å². The molecular weight excluding hydrogens is 291 g/mol. The lowest BCUT2D eigenvalue weighted by atomic mass is 10.1. The fraction of sp³-hybridized carbons (Fsp3) is 0.316. The van der Waals surface area contributed by atoms with Gasteiger partial charge in [0.25, 0.3) is 5.91 Å². The van der Waals surface area contributed by atoms with Crippen LogP contribution < -0.4 is 10.2 Å². The number of aryl methyl sites for hydroxylation is 1.